The topological polar surface area (TPSA) is 164 Å². The lowest BCUT2D eigenvalue weighted by atomic mass is 9.42. The molecule has 53 heavy (non-hydrogen) atoms. The van der Waals surface area contributed by atoms with Crippen molar-refractivity contribution in [2.24, 2.45) is 34.5 Å². The van der Waals surface area contributed by atoms with Gasteiger partial charge in [0, 0.05) is 30.8 Å². The minimum atomic E-state index is -1.05. The van der Waals surface area contributed by atoms with Crippen LogP contribution < -0.4 is 0 Å². The number of hydrogen-bond donors (Lipinski definition) is 5. The highest BCUT2D eigenvalue weighted by Crippen LogP contribution is 2.70. The van der Waals surface area contributed by atoms with E-state index in [0.717, 1.165) is 43.2 Å². The highest BCUT2D eigenvalue weighted by molar-refractivity contribution is 5.86. The molecule has 5 unspecified atom stereocenters. The Labute approximate surface area is 313 Å². The minimum absolute atomic E-state index is 0.0308. The average Bonchev–Trinajstić information content (AvgIpc) is 3.61. The van der Waals surface area contributed by atoms with Crippen molar-refractivity contribution in [3.8, 4) is 0 Å². The van der Waals surface area contributed by atoms with Crippen LogP contribution >= 0.6 is 0 Å². The lowest BCUT2D eigenvalue weighted by Gasteiger charge is -2.65. The predicted molar refractivity (Wildman–Crippen MR) is 192 cm³/mol. The van der Waals surface area contributed by atoms with E-state index in [1.165, 1.54) is 0 Å². The molecule has 11 heteroatoms. The Bertz CT molecular complexity index is 1500. The zero-order chi connectivity index (χ0) is 37.4. The number of aliphatic hydroxyl groups is 5. The van der Waals surface area contributed by atoms with E-state index in [-0.39, 0.29) is 48.1 Å². The van der Waals surface area contributed by atoms with E-state index in [0.29, 0.717) is 31.6 Å². The normalized spacial score (nSPS) is 51.2. The summed E-state index contributed by atoms with van der Waals surface area (Å²) in [5.41, 5.74) is 0.116. The molecule has 18 atom stereocenters. The predicted octanol–water partition coefficient (Wildman–Crippen LogP) is 3.95. The van der Waals surface area contributed by atoms with E-state index in [1.54, 1.807) is 13.0 Å². The van der Waals surface area contributed by atoms with Crippen molar-refractivity contribution in [3.63, 3.8) is 0 Å². The van der Waals surface area contributed by atoms with Gasteiger partial charge < -0.3 is 49.2 Å². The van der Waals surface area contributed by atoms with Crippen molar-refractivity contribution in [1.29, 1.82) is 0 Å². The zero-order valence-corrected chi connectivity index (χ0v) is 31.6. The van der Waals surface area contributed by atoms with Crippen LogP contribution in [-0.4, -0.2) is 105 Å². The molecule has 0 amide bonds. The Morgan fingerprint density at radius 2 is 1.53 bits per heavy atom. The van der Waals surface area contributed by atoms with Crippen molar-refractivity contribution in [3.05, 3.63) is 47.5 Å². The fourth-order valence-corrected chi connectivity index (χ4v) is 12.4. The fraction of sp³-hybridized carbons (Fsp3) is 0.786. The third kappa shape index (κ3) is 6.44. The summed E-state index contributed by atoms with van der Waals surface area (Å²) in [5, 5.41) is 56.4. The number of benzene rings is 1. The van der Waals surface area contributed by atoms with Crippen LogP contribution in [0.1, 0.15) is 97.5 Å². The van der Waals surface area contributed by atoms with Gasteiger partial charge in [-0.25, -0.2) is 4.79 Å². The van der Waals surface area contributed by atoms with Gasteiger partial charge in [0.1, 0.15) is 18.3 Å². The van der Waals surface area contributed by atoms with Crippen LogP contribution in [0.15, 0.2) is 42.0 Å². The Morgan fingerprint density at radius 3 is 2.26 bits per heavy atom. The van der Waals surface area contributed by atoms with Crippen LogP contribution in [0.4, 0.5) is 0 Å². The fourth-order valence-electron chi connectivity index (χ4n) is 12.4. The number of carbonyl (C=O) groups excluding carboxylic acids is 1. The van der Waals surface area contributed by atoms with Crippen LogP contribution in [0.3, 0.4) is 0 Å². The van der Waals surface area contributed by atoms with Crippen LogP contribution in [0.5, 0.6) is 0 Å². The summed E-state index contributed by atoms with van der Waals surface area (Å²) in [4.78, 5) is 12.7. The molecule has 0 aromatic heterocycles. The Balaban J connectivity index is 0.909. The molecule has 1 aromatic rings. The number of rotatable bonds is 7. The summed E-state index contributed by atoms with van der Waals surface area (Å²) in [6.45, 7) is 7.97. The molecule has 4 aliphatic carbocycles. The smallest absolute Gasteiger partial charge is 0.331 e. The maximum Gasteiger partial charge on any atom is 0.331 e. The first-order chi connectivity index (χ1) is 25.2. The van der Waals surface area contributed by atoms with Gasteiger partial charge in [-0.3, -0.25) is 0 Å². The second-order valence-corrected chi connectivity index (χ2v) is 18.1. The molecule has 3 aliphatic heterocycles. The van der Waals surface area contributed by atoms with Crippen LogP contribution in [-0.2, 0) is 34.9 Å². The van der Waals surface area contributed by atoms with E-state index >= 15 is 0 Å². The first kappa shape index (κ1) is 38.0. The first-order valence-corrected chi connectivity index (χ1v) is 20.2. The van der Waals surface area contributed by atoms with Crippen molar-refractivity contribution >= 4 is 5.97 Å². The van der Waals surface area contributed by atoms with E-state index in [4.69, 9.17) is 23.7 Å². The largest absolute Gasteiger partial charge is 0.454 e. The average molecular weight is 741 g/mol. The van der Waals surface area contributed by atoms with Crippen molar-refractivity contribution in [1.82, 2.24) is 0 Å². The van der Waals surface area contributed by atoms with Crippen LogP contribution in [0, 0.1) is 34.5 Å². The number of carbonyl (C=O) groups is 1. The molecule has 8 rings (SSSR count). The summed E-state index contributed by atoms with van der Waals surface area (Å²) < 4.78 is 30.4. The van der Waals surface area contributed by atoms with Crippen molar-refractivity contribution in [2.75, 3.05) is 0 Å². The lowest BCUT2D eigenvalue weighted by molar-refractivity contribution is -0.318. The van der Waals surface area contributed by atoms with Crippen molar-refractivity contribution < 1.29 is 54.0 Å². The molecule has 294 valence electrons. The molecule has 5 N–H and O–H groups in total. The van der Waals surface area contributed by atoms with Gasteiger partial charge in [-0.05, 0) is 105 Å². The molecule has 7 aliphatic rings. The van der Waals surface area contributed by atoms with Gasteiger partial charge in [-0.2, -0.15) is 0 Å². The molecule has 1 aromatic carbocycles. The molecule has 0 radical (unpaired) electrons. The monoisotopic (exact) mass is 740 g/mol. The Hall–Kier alpha value is -1.93. The Kier molecular flexibility index (Phi) is 10.2. The zero-order valence-electron chi connectivity index (χ0n) is 31.6. The summed E-state index contributed by atoms with van der Waals surface area (Å²) in [7, 11) is 0. The highest BCUT2D eigenvalue weighted by Gasteiger charge is 2.71. The number of hydrogen-bond acceptors (Lipinski definition) is 11. The quantitative estimate of drug-likeness (QED) is 0.203. The molecule has 3 heterocycles. The number of aliphatic hydroxyl groups excluding tert-OH is 4. The van der Waals surface area contributed by atoms with Crippen LogP contribution in [0.25, 0.3) is 0 Å². The molecule has 0 spiro atoms. The summed E-state index contributed by atoms with van der Waals surface area (Å²) in [5.74, 6) is 0.111. The second kappa shape index (κ2) is 14.2. The standard InChI is InChI=1S/C42H60O11/c1-22-38(47)31(43)20-37(49-22)53-39-23(2)50-36(21-32(39)44)51-26-12-14-40(3)25(17-26)10-11-29-30(40)19-34(45)41(4)28(13-15-42(29,41)48)27-18-35(46)52-33(27)16-24-8-6-5-7-9-24/h5-9,18,22-23,25-26,28-34,36-39,43-45,47-48H,10-17,19-21H2,1-4H3/t22?,23?,25-,26+,28-,29-,30+,31-,32-,33?,34-,36+,37-,38?,39?,40+,41+,42+/m1/s1. The molecule has 2 saturated heterocycles. The van der Waals surface area contributed by atoms with E-state index < -0.39 is 72.4 Å². The third-order valence-corrected chi connectivity index (χ3v) is 15.4. The number of fused-ring (bicyclic) bond motifs is 5. The first-order valence-electron chi connectivity index (χ1n) is 20.2. The van der Waals surface area contributed by atoms with Gasteiger partial charge in [0.2, 0.25) is 0 Å². The number of ether oxygens (including phenoxy) is 5. The summed E-state index contributed by atoms with van der Waals surface area (Å²) in [6.07, 6.45) is 2.02. The summed E-state index contributed by atoms with van der Waals surface area (Å²) >= 11 is 0. The van der Waals surface area contributed by atoms with E-state index in [9.17, 15) is 30.3 Å². The Morgan fingerprint density at radius 1 is 0.811 bits per heavy atom. The maximum absolute atomic E-state index is 12.9. The molecule has 4 saturated carbocycles. The molecule has 0 bridgehead atoms. The maximum atomic E-state index is 12.9. The highest BCUT2D eigenvalue weighted by atomic mass is 16.7. The third-order valence-electron chi connectivity index (χ3n) is 15.4. The lowest BCUT2D eigenvalue weighted by Crippen LogP contribution is -2.67. The van der Waals surface area contributed by atoms with Crippen LogP contribution in [0.2, 0.25) is 0 Å². The van der Waals surface area contributed by atoms with E-state index in [2.05, 4.69) is 13.8 Å². The molecule has 11 nitrogen and oxygen atoms in total. The van der Waals surface area contributed by atoms with Gasteiger partial charge in [0.05, 0.1) is 42.2 Å². The minimum Gasteiger partial charge on any atom is -0.454 e. The van der Waals surface area contributed by atoms with Gasteiger partial charge in [-0.1, -0.05) is 44.2 Å². The number of esters is 1. The van der Waals surface area contributed by atoms with Gasteiger partial charge in [0.25, 0.3) is 0 Å². The molecule has 6 fully saturated rings. The molecular formula is C42H60O11. The number of cyclic esters (lactones) is 1. The second-order valence-electron chi connectivity index (χ2n) is 18.1. The van der Waals surface area contributed by atoms with Gasteiger partial charge >= 0.3 is 5.97 Å². The van der Waals surface area contributed by atoms with Gasteiger partial charge in [-0.15, -0.1) is 0 Å². The van der Waals surface area contributed by atoms with Crippen molar-refractivity contribution in [2.45, 2.75) is 171 Å². The SMILES string of the molecule is CC1O[C@H](OC2C(C)O[C@@H](O[C@H]3CC[C@@]4(C)[C@H](CC[C@@H]5[C@@H]4C[C@@H](O)[C@]4(C)[C@@H](C6=CC(=O)OC6Cc6ccccc6)CC[C@]54O)C3)C[C@H]2O)C[C@@H](O)C1O. The van der Waals surface area contributed by atoms with E-state index in [1.807, 2.05) is 37.3 Å². The summed E-state index contributed by atoms with van der Waals surface area (Å²) in [6, 6.07) is 10.0. The van der Waals surface area contributed by atoms with Gasteiger partial charge in [0.15, 0.2) is 12.6 Å². The molecular weight excluding hydrogens is 680 g/mol.